The minimum atomic E-state index is -2.69. The molecule has 0 radical (unpaired) electrons. The van der Waals surface area contributed by atoms with E-state index < -0.39 is 12.5 Å². The Labute approximate surface area is 87.2 Å². The number of pyridine rings is 1. The van der Waals surface area contributed by atoms with Gasteiger partial charge in [0.1, 0.15) is 6.10 Å². The average Bonchev–Trinajstić information content (AvgIpc) is 2.25. The van der Waals surface area contributed by atoms with E-state index in [1.807, 2.05) is 18.2 Å². The van der Waals surface area contributed by atoms with E-state index in [2.05, 4.69) is 10.3 Å². The van der Waals surface area contributed by atoms with Crippen molar-refractivity contribution in [3.63, 3.8) is 0 Å². The van der Waals surface area contributed by atoms with Crippen molar-refractivity contribution in [1.29, 1.82) is 0 Å². The number of alkyl halides is 2. The Morgan fingerprint density at radius 1 is 1.40 bits per heavy atom. The van der Waals surface area contributed by atoms with Gasteiger partial charge in [-0.3, -0.25) is 4.98 Å². The first-order valence-corrected chi connectivity index (χ1v) is 4.77. The van der Waals surface area contributed by atoms with Gasteiger partial charge in [0.25, 0.3) is 6.43 Å². The van der Waals surface area contributed by atoms with Crippen LogP contribution in [-0.2, 0) is 6.42 Å². The molecule has 0 aliphatic rings. The molecule has 1 atom stereocenters. The van der Waals surface area contributed by atoms with E-state index in [1.54, 1.807) is 6.20 Å². The Kier molecular flexibility index (Phi) is 5.14. The van der Waals surface area contributed by atoms with E-state index in [-0.39, 0.29) is 6.54 Å². The maximum atomic E-state index is 11.9. The number of aromatic nitrogens is 1. The van der Waals surface area contributed by atoms with Crippen LogP contribution in [0.1, 0.15) is 5.69 Å². The standard InChI is InChI=1S/C10H14F2N2O/c11-10(12)9(15)7-13-6-4-8-3-1-2-5-14-8/h1-3,5,9-10,13,15H,4,6-7H2. The molecule has 0 aliphatic carbocycles. The topological polar surface area (TPSA) is 45.1 Å². The Morgan fingerprint density at radius 2 is 2.20 bits per heavy atom. The molecule has 1 aromatic heterocycles. The van der Waals surface area contributed by atoms with Gasteiger partial charge in [-0.2, -0.15) is 0 Å². The molecule has 2 N–H and O–H groups in total. The monoisotopic (exact) mass is 216 g/mol. The smallest absolute Gasteiger partial charge is 0.265 e. The molecular weight excluding hydrogens is 202 g/mol. The first-order valence-electron chi connectivity index (χ1n) is 4.77. The molecule has 0 amide bonds. The van der Waals surface area contributed by atoms with E-state index >= 15 is 0 Å². The van der Waals surface area contributed by atoms with Gasteiger partial charge >= 0.3 is 0 Å². The summed E-state index contributed by atoms with van der Waals surface area (Å²) in [5, 5.41) is 11.5. The molecule has 0 fully saturated rings. The molecule has 0 aliphatic heterocycles. The van der Waals surface area contributed by atoms with Gasteiger partial charge in [0.15, 0.2) is 0 Å². The predicted molar refractivity (Wildman–Crippen MR) is 52.8 cm³/mol. The molecule has 1 rings (SSSR count). The zero-order valence-electron chi connectivity index (χ0n) is 8.24. The molecule has 15 heavy (non-hydrogen) atoms. The van der Waals surface area contributed by atoms with Crippen molar-refractivity contribution in [3.8, 4) is 0 Å². The van der Waals surface area contributed by atoms with Gasteiger partial charge in [0.05, 0.1) is 0 Å². The average molecular weight is 216 g/mol. The summed E-state index contributed by atoms with van der Waals surface area (Å²) in [7, 11) is 0. The van der Waals surface area contributed by atoms with Crippen molar-refractivity contribution in [2.24, 2.45) is 0 Å². The van der Waals surface area contributed by atoms with Crippen molar-refractivity contribution in [1.82, 2.24) is 10.3 Å². The highest BCUT2D eigenvalue weighted by molar-refractivity contribution is 5.03. The zero-order valence-corrected chi connectivity index (χ0v) is 8.24. The summed E-state index contributed by atoms with van der Waals surface area (Å²) in [6.45, 7) is 0.436. The molecular formula is C10H14F2N2O. The maximum absolute atomic E-state index is 11.9. The molecule has 1 aromatic rings. The molecule has 0 saturated heterocycles. The number of halogens is 2. The van der Waals surface area contributed by atoms with Gasteiger partial charge in [-0.15, -0.1) is 0 Å². The van der Waals surface area contributed by atoms with Gasteiger partial charge in [-0.05, 0) is 12.1 Å². The van der Waals surface area contributed by atoms with E-state index in [0.717, 1.165) is 5.69 Å². The van der Waals surface area contributed by atoms with Gasteiger partial charge in [-0.1, -0.05) is 6.07 Å². The lowest BCUT2D eigenvalue weighted by Crippen LogP contribution is -2.33. The van der Waals surface area contributed by atoms with Crippen LogP contribution >= 0.6 is 0 Å². The Hall–Kier alpha value is -1.07. The lowest BCUT2D eigenvalue weighted by atomic mass is 10.2. The first-order chi connectivity index (χ1) is 7.20. The number of aliphatic hydroxyl groups is 1. The lowest BCUT2D eigenvalue weighted by Gasteiger charge is -2.10. The summed E-state index contributed by atoms with van der Waals surface area (Å²) < 4.78 is 23.8. The Balaban J connectivity index is 2.12. The van der Waals surface area contributed by atoms with Crippen LogP contribution in [-0.4, -0.2) is 35.7 Å². The number of nitrogens with zero attached hydrogens (tertiary/aromatic N) is 1. The summed E-state index contributed by atoms with van der Waals surface area (Å²) in [4.78, 5) is 4.08. The second kappa shape index (κ2) is 6.42. The highest BCUT2D eigenvalue weighted by atomic mass is 19.3. The van der Waals surface area contributed by atoms with Gasteiger partial charge < -0.3 is 10.4 Å². The van der Waals surface area contributed by atoms with Crippen LogP contribution in [0, 0.1) is 0 Å². The third-order valence-corrected chi connectivity index (χ3v) is 1.93. The minimum Gasteiger partial charge on any atom is -0.386 e. The van der Waals surface area contributed by atoms with E-state index in [9.17, 15) is 8.78 Å². The quantitative estimate of drug-likeness (QED) is 0.693. The summed E-state index contributed by atoms with van der Waals surface area (Å²) in [6.07, 6.45) is -1.93. The number of rotatable bonds is 6. The fourth-order valence-corrected chi connectivity index (χ4v) is 1.10. The number of aliphatic hydroxyl groups excluding tert-OH is 1. The SMILES string of the molecule is OC(CNCCc1ccccn1)C(F)F. The molecule has 0 aromatic carbocycles. The highest BCUT2D eigenvalue weighted by Crippen LogP contribution is 1.98. The molecule has 1 unspecified atom stereocenters. The van der Waals surface area contributed by atoms with E-state index in [1.165, 1.54) is 0 Å². The summed E-state index contributed by atoms with van der Waals surface area (Å²) in [5.74, 6) is 0. The van der Waals surface area contributed by atoms with Gasteiger partial charge in [0, 0.05) is 31.4 Å². The minimum absolute atomic E-state index is 0.0928. The number of nitrogens with one attached hydrogen (secondary N) is 1. The molecule has 0 bridgehead atoms. The number of hydrogen-bond acceptors (Lipinski definition) is 3. The largest absolute Gasteiger partial charge is 0.386 e. The van der Waals surface area contributed by atoms with Crippen molar-refractivity contribution >= 4 is 0 Å². The normalized spacial score (nSPS) is 13.1. The van der Waals surface area contributed by atoms with Crippen LogP contribution in [0.25, 0.3) is 0 Å². The molecule has 5 heteroatoms. The van der Waals surface area contributed by atoms with Crippen LogP contribution in [0.5, 0.6) is 0 Å². The number of hydrogen-bond donors (Lipinski definition) is 2. The fourth-order valence-electron chi connectivity index (χ4n) is 1.10. The second-order valence-corrected chi connectivity index (χ2v) is 3.18. The van der Waals surface area contributed by atoms with Crippen molar-refractivity contribution in [2.75, 3.05) is 13.1 Å². The van der Waals surface area contributed by atoms with Gasteiger partial charge in [-0.25, -0.2) is 8.78 Å². The van der Waals surface area contributed by atoms with Crippen LogP contribution in [0.3, 0.4) is 0 Å². The zero-order chi connectivity index (χ0) is 11.1. The molecule has 84 valence electrons. The van der Waals surface area contributed by atoms with Crippen LogP contribution in [0.2, 0.25) is 0 Å². The van der Waals surface area contributed by atoms with Crippen molar-refractivity contribution in [3.05, 3.63) is 30.1 Å². The maximum Gasteiger partial charge on any atom is 0.265 e. The Bertz CT molecular complexity index is 269. The first kappa shape index (κ1) is 12.0. The van der Waals surface area contributed by atoms with E-state index in [4.69, 9.17) is 5.11 Å². The van der Waals surface area contributed by atoms with E-state index in [0.29, 0.717) is 13.0 Å². The fraction of sp³-hybridized carbons (Fsp3) is 0.500. The summed E-state index contributed by atoms with van der Waals surface area (Å²) in [5.41, 5.74) is 0.900. The van der Waals surface area contributed by atoms with Crippen LogP contribution in [0.15, 0.2) is 24.4 Å². The van der Waals surface area contributed by atoms with Crippen molar-refractivity contribution in [2.45, 2.75) is 19.0 Å². The van der Waals surface area contributed by atoms with Crippen LogP contribution < -0.4 is 5.32 Å². The molecule has 0 saturated carbocycles. The third-order valence-electron chi connectivity index (χ3n) is 1.93. The summed E-state index contributed by atoms with van der Waals surface area (Å²) >= 11 is 0. The predicted octanol–water partition coefficient (Wildman–Crippen LogP) is 0.840. The lowest BCUT2D eigenvalue weighted by molar-refractivity contribution is -0.00309. The second-order valence-electron chi connectivity index (χ2n) is 3.18. The molecule has 0 spiro atoms. The Morgan fingerprint density at radius 3 is 2.80 bits per heavy atom. The van der Waals surface area contributed by atoms with Crippen molar-refractivity contribution < 1.29 is 13.9 Å². The summed E-state index contributed by atoms with van der Waals surface area (Å²) in [6, 6.07) is 5.55. The molecule has 1 heterocycles. The molecule has 3 nitrogen and oxygen atoms in total. The van der Waals surface area contributed by atoms with Crippen LogP contribution in [0.4, 0.5) is 8.78 Å². The highest BCUT2D eigenvalue weighted by Gasteiger charge is 2.15. The van der Waals surface area contributed by atoms with Gasteiger partial charge in [0.2, 0.25) is 0 Å². The third kappa shape index (κ3) is 4.80.